The van der Waals surface area contributed by atoms with Crippen molar-refractivity contribution >= 4 is 29.8 Å². The molecule has 0 aliphatic rings. The average molecular weight is 319 g/mol. The Kier molecular flexibility index (Phi) is 4.85. The van der Waals surface area contributed by atoms with Crippen LogP contribution >= 0.6 is 24.0 Å². The van der Waals surface area contributed by atoms with Crippen molar-refractivity contribution in [1.29, 1.82) is 0 Å². The maximum atomic E-state index is 12.0. The number of hydrogen-bond acceptors (Lipinski definition) is 4. The molecule has 0 unspecified atom stereocenters. The van der Waals surface area contributed by atoms with E-state index < -0.39 is 0 Å². The SMILES string of the molecule is COc1ccccc1-n1c(C)cc(SC)c(C(C)=O)c1=S. The minimum absolute atomic E-state index is 0.0204. The van der Waals surface area contributed by atoms with E-state index >= 15 is 0 Å². The third kappa shape index (κ3) is 2.89. The lowest BCUT2D eigenvalue weighted by molar-refractivity contribution is 0.101. The van der Waals surface area contributed by atoms with Gasteiger partial charge in [0.2, 0.25) is 0 Å². The molecule has 0 aliphatic heterocycles. The van der Waals surface area contributed by atoms with Gasteiger partial charge in [-0.05, 0) is 38.3 Å². The van der Waals surface area contributed by atoms with Crippen LogP contribution in [0.1, 0.15) is 23.0 Å². The van der Waals surface area contributed by atoms with Crippen LogP contribution in [0.15, 0.2) is 35.2 Å². The van der Waals surface area contributed by atoms with E-state index in [0.717, 1.165) is 22.0 Å². The topological polar surface area (TPSA) is 31.2 Å². The molecule has 2 rings (SSSR count). The number of aromatic nitrogens is 1. The standard InChI is InChI=1S/C16H17NO2S2/c1-10-9-14(21-4)15(11(2)18)16(20)17(10)12-7-5-6-8-13(12)19-3/h5-9H,1-4H3. The Hall–Kier alpha value is -1.59. The summed E-state index contributed by atoms with van der Waals surface area (Å²) in [5, 5.41) is 0. The number of carbonyl (C=O) groups is 1. The maximum absolute atomic E-state index is 12.0. The number of para-hydroxylation sites is 2. The second-order valence-electron chi connectivity index (χ2n) is 4.60. The van der Waals surface area contributed by atoms with Gasteiger partial charge in [0.25, 0.3) is 0 Å². The van der Waals surface area contributed by atoms with E-state index in [1.807, 2.05) is 48.1 Å². The molecule has 0 fully saturated rings. The number of ketones is 1. The lowest BCUT2D eigenvalue weighted by atomic mass is 10.1. The first kappa shape index (κ1) is 15.8. The molecule has 1 heterocycles. The van der Waals surface area contributed by atoms with Gasteiger partial charge in [-0.2, -0.15) is 0 Å². The molecule has 0 saturated heterocycles. The van der Waals surface area contributed by atoms with Gasteiger partial charge in [-0.1, -0.05) is 24.4 Å². The fourth-order valence-corrected chi connectivity index (χ4v) is 3.60. The summed E-state index contributed by atoms with van der Waals surface area (Å²) in [6, 6.07) is 9.64. The molecule has 0 bridgehead atoms. The molecule has 21 heavy (non-hydrogen) atoms. The van der Waals surface area contributed by atoms with Gasteiger partial charge >= 0.3 is 0 Å². The first-order valence-electron chi connectivity index (χ1n) is 6.46. The summed E-state index contributed by atoms with van der Waals surface area (Å²) in [6.07, 6.45) is 1.95. The Morgan fingerprint density at radius 1 is 1.33 bits per heavy atom. The summed E-state index contributed by atoms with van der Waals surface area (Å²) < 4.78 is 7.83. The van der Waals surface area contributed by atoms with Gasteiger partial charge in [-0.15, -0.1) is 11.8 Å². The van der Waals surface area contributed by atoms with E-state index in [1.54, 1.807) is 14.0 Å². The van der Waals surface area contributed by atoms with Crippen molar-refractivity contribution in [3.05, 3.63) is 46.2 Å². The Morgan fingerprint density at radius 2 is 2.00 bits per heavy atom. The fourth-order valence-electron chi connectivity index (χ4n) is 2.30. The number of thioether (sulfide) groups is 1. The Bertz CT molecular complexity index is 750. The third-order valence-corrected chi connectivity index (χ3v) is 4.40. The summed E-state index contributed by atoms with van der Waals surface area (Å²) in [5.74, 6) is 0.705. The van der Waals surface area contributed by atoms with E-state index in [4.69, 9.17) is 17.0 Å². The van der Waals surface area contributed by atoms with Crippen molar-refractivity contribution in [3.8, 4) is 11.4 Å². The highest BCUT2D eigenvalue weighted by Gasteiger charge is 2.16. The summed E-state index contributed by atoms with van der Waals surface area (Å²) in [4.78, 5) is 12.9. The van der Waals surface area contributed by atoms with Gasteiger partial charge in [0.1, 0.15) is 10.4 Å². The molecule has 0 saturated carbocycles. The number of Topliss-reactive ketones (excluding diaryl/α,β-unsaturated/α-hetero) is 1. The van der Waals surface area contributed by atoms with Gasteiger partial charge in [0, 0.05) is 10.6 Å². The van der Waals surface area contributed by atoms with E-state index in [9.17, 15) is 4.79 Å². The highest BCUT2D eigenvalue weighted by molar-refractivity contribution is 7.98. The van der Waals surface area contributed by atoms with Crippen LogP contribution < -0.4 is 4.74 Å². The molecule has 1 aromatic carbocycles. The molecular weight excluding hydrogens is 302 g/mol. The number of aryl methyl sites for hydroxylation is 1. The largest absolute Gasteiger partial charge is 0.495 e. The quantitative estimate of drug-likeness (QED) is 0.473. The van der Waals surface area contributed by atoms with Crippen LogP contribution in [0.3, 0.4) is 0 Å². The fraction of sp³-hybridized carbons (Fsp3) is 0.250. The molecule has 0 radical (unpaired) electrons. The molecular formula is C16H17NO2S2. The lowest BCUT2D eigenvalue weighted by Gasteiger charge is -2.18. The second-order valence-corrected chi connectivity index (χ2v) is 5.83. The number of carbonyl (C=O) groups excluding carboxylic acids is 1. The molecule has 0 N–H and O–H groups in total. The van der Waals surface area contributed by atoms with Crippen LogP contribution in [-0.4, -0.2) is 23.7 Å². The van der Waals surface area contributed by atoms with E-state index in [0.29, 0.717) is 10.2 Å². The van der Waals surface area contributed by atoms with Crippen LogP contribution in [0.4, 0.5) is 0 Å². The van der Waals surface area contributed by atoms with E-state index in [1.165, 1.54) is 11.8 Å². The van der Waals surface area contributed by atoms with Crippen molar-refractivity contribution in [2.24, 2.45) is 0 Å². The highest BCUT2D eigenvalue weighted by Crippen LogP contribution is 2.29. The first-order chi connectivity index (χ1) is 10.0. The van der Waals surface area contributed by atoms with Crippen LogP contribution in [0.5, 0.6) is 5.75 Å². The van der Waals surface area contributed by atoms with Crippen LogP contribution in [-0.2, 0) is 0 Å². The highest BCUT2D eigenvalue weighted by atomic mass is 32.2. The zero-order valence-corrected chi connectivity index (χ0v) is 14.1. The lowest BCUT2D eigenvalue weighted by Crippen LogP contribution is -2.10. The van der Waals surface area contributed by atoms with Crippen molar-refractivity contribution in [1.82, 2.24) is 4.57 Å². The van der Waals surface area contributed by atoms with E-state index in [-0.39, 0.29) is 5.78 Å². The zero-order valence-electron chi connectivity index (χ0n) is 12.5. The van der Waals surface area contributed by atoms with Gasteiger partial charge in [0.15, 0.2) is 5.78 Å². The van der Waals surface area contributed by atoms with Crippen LogP contribution in [0.2, 0.25) is 0 Å². The zero-order chi connectivity index (χ0) is 15.6. The maximum Gasteiger partial charge on any atom is 0.163 e. The van der Waals surface area contributed by atoms with Crippen LogP contribution in [0, 0.1) is 11.6 Å². The van der Waals surface area contributed by atoms with Gasteiger partial charge in [-0.25, -0.2) is 0 Å². The molecule has 1 aromatic heterocycles. The summed E-state index contributed by atoms with van der Waals surface area (Å²) >= 11 is 7.11. The van der Waals surface area contributed by atoms with Crippen molar-refractivity contribution < 1.29 is 9.53 Å². The Morgan fingerprint density at radius 3 is 2.57 bits per heavy atom. The summed E-state index contributed by atoms with van der Waals surface area (Å²) in [7, 11) is 1.62. The van der Waals surface area contributed by atoms with Gasteiger partial charge in [0.05, 0.1) is 18.4 Å². The molecule has 0 spiro atoms. The number of benzene rings is 1. The number of nitrogens with zero attached hydrogens (tertiary/aromatic N) is 1. The normalized spacial score (nSPS) is 10.5. The van der Waals surface area contributed by atoms with Crippen molar-refractivity contribution in [3.63, 3.8) is 0 Å². The minimum Gasteiger partial charge on any atom is -0.495 e. The monoisotopic (exact) mass is 319 g/mol. The number of hydrogen-bond donors (Lipinski definition) is 0. The van der Waals surface area contributed by atoms with Crippen molar-refractivity contribution in [2.45, 2.75) is 18.7 Å². The summed E-state index contributed by atoms with van der Waals surface area (Å²) in [5.41, 5.74) is 2.41. The smallest absolute Gasteiger partial charge is 0.163 e. The Labute approximate surface area is 133 Å². The predicted molar refractivity (Wildman–Crippen MR) is 89.7 cm³/mol. The number of rotatable bonds is 4. The molecule has 0 atom stereocenters. The molecule has 0 aliphatic carbocycles. The molecule has 3 nitrogen and oxygen atoms in total. The number of methoxy groups -OCH3 is 1. The number of ether oxygens (including phenoxy) is 1. The average Bonchev–Trinajstić information content (AvgIpc) is 2.46. The van der Waals surface area contributed by atoms with Crippen LogP contribution in [0.25, 0.3) is 5.69 Å². The van der Waals surface area contributed by atoms with Crippen molar-refractivity contribution in [2.75, 3.05) is 13.4 Å². The van der Waals surface area contributed by atoms with Gasteiger partial charge in [-0.3, -0.25) is 4.79 Å². The second kappa shape index (κ2) is 6.45. The summed E-state index contributed by atoms with van der Waals surface area (Å²) in [6.45, 7) is 3.53. The minimum atomic E-state index is -0.0204. The third-order valence-electron chi connectivity index (χ3n) is 3.25. The molecule has 2 aromatic rings. The first-order valence-corrected chi connectivity index (χ1v) is 8.09. The molecule has 0 amide bonds. The van der Waals surface area contributed by atoms with E-state index in [2.05, 4.69) is 0 Å². The number of pyridine rings is 1. The molecule has 110 valence electrons. The predicted octanol–water partition coefficient (Wildman–Crippen LogP) is 4.45. The Balaban J connectivity index is 2.85. The molecule has 5 heteroatoms. The van der Waals surface area contributed by atoms with Gasteiger partial charge < -0.3 is 9.30 Å².